The van der Waals surface area contributed by atoms with E-state index in [1.165, 1.54) is 24.7 Å². The molecule has 1 saturated heterocycles. The molecule has 0 unspecified atom stereocenters. The lowest BCUT2D eigenvalue weighted by Crippen LogP contribution is -2.35. The van der Waals surface area contributed by atoms with Crippen LogP contribution < -0.4 is 21.3 Å². The van der Waals surface area contributed by atoms with Crippen LogP contribution in [0.4, 0.5) is 30.9 Å². The fourth-order valence-corrected chi connectivity index (χ4v) is 3.62. The number of carbonyl (C=O) groups excluding carboxylic acids is 1. The summed E-state index contributed by atoms with van der Waals surface area (Å²) in [5.41, 5.74) is 6.17. The second kappa shape index (κ2) is 11.2. The SMILES string of the molecule is CCNC(=O)Nc1nccc(CC2CCN(c3ccc(N=C/C=C\N)nc3F)CC2)c1F.[HH].[HH]. The summed E-state index contributed by atoms with van der Waals surface area (Å²) < 4.78 is 29.3. The number of urea groups is 1. The van der Waals surface area contributed by atoms with Gasteiger partial charge in [0.2, 0.25) is 5.95 Å². The summed E-state index contributed by atoms with van der Waals surface area (Å²) in [6, 6.07) is 4.46. The van der Waals surface area contributed by atoms with E-state index in [1.54, 1.807) is 25.1 Å². The summed E-state index contributed by atoms with van der Waals surface area (Å²) in [5.74, 6) is -0.662. The topological polar surface area (TPSA) is 109 Å². The van der Waals surface area contributed by atoms with Crippen LogP contribution in [0.3, 0.4) is 0 Å². The van der Waals surface area contributed by atoms with Gasteiger partial charge < -0.3 is 16.0 Å². The Bertz CT molecular complexity index is 999. The molecule has 0 spiro atoms. The molecule has 2 amide bonds. The van der Waals surface area contributed by atoms with E-state index in [9.17, 15) is 13.6 Å². The Morgan fingerprint density at radius 2 is 2.12 bits per heavy atom. The van der Waals surface area contributed by atoms with Crippen molar-refractivity contribution in [2.45, 2.75) is 26.2 Å². The van der Waals surface area contributed by atoms with E-state index in [2.05, 4.69) is 25.6 Å². The maximum Gasteiger partial charge on any atom is 0.320 e. The number of amides is 2. The summed E-state index contributed by atoms with van der Waals surface area (Å²) in [6.45, 7) is 3.48. The van der Waals surface area contributed by atoms with Gasteiger partial charge >= 0.3 is 6.03 Å². The van der Waals surface area contributed by atoms with Crippen molar-refractivity contribution >= 4 is 29.6 Å². The molecule has 4 N–H and O–H groups in total. The molecule has 8 nitrogen and oxygen atoms in total. The number of nitrogens with zero attached hydrogens (tertiary/aromatic N) is 4. The molecule has 0 atom stereocenters. The Morgan fingerprint density at radius 1 is 1.34 bits per heavy atom. The molecule has 174 valence electrons. The number of nitrogens with one attached hydrogen (secondary N) is 2. The molecule has 3 rings (SSSR count). The summed E-state index contributed by atoms with van der Waals surface area (Å²) in [4.78, 5) is 25.4. The molecule has 32 heavy (non-hydrogen) atoms. The standard InChI is InChI=1S/C22H27F2N7O.2H2/c1-2-26-22(32)30-21-19(23)16(6-11-28-21)14-15-7-12-31(13-8-15)17-4-5-18(29-20(17)24)27-10-3-9-25;;/h3-6,9-11,15H,2,7-8,12-14,25H2,1H3,(H2,26,28,30,32);2*1H/b9-3-,27-10?;;. The maximum absolute atomic E-state index is 14.8. The number of hydrogen-bond acceptors (Lipinski definition) is 6. The molecule has 2 aromatic rings. The van der Waals surface area contributed by atoms with E-state index in [1.807, 2.05) is 4.90 Å². The van der Waals surface area contributed by atoms with Gasteiger partial charge in [0.15, 0.2) is 17.5 Å². The summed E-state index contributed by atoms with van der Waals surface area (Å²) in [5, 5.41) is 4.98. The lowest BCUT2D eigenvalue weighted by Gasteiger charge is -2.33. The zero-order chi connectivity index (χ0) is 22.9. The number of pyridine rings is 2. The van der Waals surface area contributed by atoms with Crippen molar-refractivity contribution in [1.29, 1.82) is 0 Å². The molecule has 1 aliphatic rings. The van der Waals surface area contributed by atoms with Crippen molar-refractivity contribution in [3.05, 3.63) is 54.0 Å². The van der Waals surface area contributed by atoms with Crippen molar-refractivity contribution in [1.82, 2.24) is 15.3 Å². The van der Waals surface area contributed by atoms with Crippen LogP contribution in [0.15, 0.2) is 41.7 Å². The van der Waals surface area contributed by atoms with Crippen LogP contribution in [-0.4, -0.2) is 41.8 Å². The third-order valence-electron chi connectivity index (χ3n) is 5.22. The first-order valence-electron chi connectivity index (χ1n) is 10.5. The zero-order valence-corrected chi connectivity index (χ0v) is 17.9. The fourth-order valence-electron chi connectivity index (χ4n) is 3.62. The maximum atomic E-state index is 14.8. The highest BCUT2D eigenvalue weighted by Gasteiger charge is 2.24. The molecule has 0 radical (unpaired) electrons. The number of allylic oxidation sites excluding steroid dienone is 1. The number of piperidine rings is 1. The highest BCUT2D eigenvalue weighted by Crippen LogP contribution is 2.29. The Kier molecular flexibility index (Phi) is 8.07. The number of anilines is 2. The smallest absolute Gasteiger partial charge is 0.320 e. The van der Waals surface area contributed by atoms with Crippen molar-refractivity contribution in [3.63, 3.8) is 0 Å². The van der Waals surface area contributed by atoms with Crippen LogP contribution in [0.5, 0.6) is 0 Å². The van der Waals surface area contributed by atoms with Gasteiger partial charge in [-0.1, -0.05) is 0 Å². The summed E-state index contributed by atoms with van der Waals surface area (Å²) in [7, 11) is 0. The van der Waals surface area contributed by atoms with E-state index in [0.29, 0.717) is 37.3 Å². The Hall–Kier alpha value is -3.56. The van der Waals surface area contributed by atoms with Crippen LogP contribution in [0.1, 0.15) is 28.2 Å². The highest BCUT2D eigenvalue weighted by atomic mass is 19.1. The molecule has 2 aromatic heterocycles. The number of nitrogens with two attached hydrogens (primary N) is 1. The average Bonchev–Trinajstić information content (AvgIpc) is 2.78. The number of rotatable bonds is 7. The molecule has 0 aliphatic carbocycles. The van der Waals surface area contributed by atoms with Crippen LogP contribution in [0.2, 0.25) is 0 Å². The minimum Gasteiger partial charge on any atom is -0.405 e. The molecule has 10 heteroatoms. The summed E-state index contributed by atoms with van der Waals surface area (Å²) >= 11 is 0. The van der Waals surface area contributed by atoms with Gasteiger partial charge in [0.1, 0.15) is 0 Å². The van der Waals surface area contributed by atoms with Crippen LogP contribution in [0.25, 0.3) is 0 Å². The minimum atomic E-state index is -0.573. The van der Waals surface area contributed by atoms with E-state index >= 15 is 0 Å². The first-order valence-corrected chi connectivity index (χ1v) is 10.5. The molecular weight excluding hydrogens is 416 g/mol. The second-order valence-electron chi connectivity index (χ2n) is 7.39. The summed E-state index contributed by atoms with van der Waals surface area (Å²) in [6.07, 6.45) is 7.88. The third kappa shape index (κ3) is 5.99. The van der Waals surface area contributed by atoms with Crippen molar-refractivity contribution < 1.29 is 16.4 Å². The van der Waals surface area contributed by atoms with Crippen LogP contribution >= 0.6 is 0 Å². The zero-order valence-electron chi connectivity index (χ0n) is 17.9. The first kappa shape index (κ1) is 23.1. The average molecular weight is 448 g/mol. The quantitative estimate of drug-likeness (QED) is 0.439. The van der Waals surface area contributed by atoms with Gasteiger partial charge in [-0.15, -0.1) is 0 Å². The van der Waals surface area contributed by atoms with Gasteiger partial charge in [-0.3, -0.25) is 5.32 Å². The molecule has 0 aromatic carbocycles. The number of halogens is 2. The molecule has 1 fully saturated rings. The number of aliphatic imine (C=N–C) groups is 1. The largest absolute Gasteiger partial charge is 0.405 e. The van der Waals surface area contributed by atoms with E-state index in [-0.39, 0.29) is 20.4 Å². The highest BCUT2D eigenvalue weighted by molar-refractivity contribution is 5.88. The van der Waals surface area contributed by atoms with Gasteiger partial charge in [0.05, 0.1) is 5.69 Å². The molecular formula is C22H31F2N7O. The fraction of sp³-hybridized carbons (Fsp3) is 0.364. The lowest BCUT2D eigenvalue weighted by molar-refractivity contribution is 0.252. The second-order valence-corrected chi connectivity index (χ2v) is 7.39. The Morgan fingerprint density at radius 3 is 2.81 bits per heavy atom. The number of aromatic nitrogens is 2. The molecule has 0 bridgehead atoms. The number of hydrogen-bond donors (Lipinski definition) is 3. The predicted molar refractivity (Wildman–Crippen MR) is 125 cm³/mol. The van der Waals surface area contributed by atoms with Crippen molar-refractivity contribution in [2.75, 3.05) is 29.9 Å². The van der Waals surface area contributed by atoms with E-state index in [4.69, 9.17) is 5.73 Å². The Balaban J connectivity index is 0.00000289. The van der Waals surface area contributed by atoms with E-state index in [0.717, 1.165) is 12.8 Å². The molecule has 3 heterocycles. The number of carbonyl (C=O) groups is 1. The molecule has 1 aliphatic heterocycles. The van der Waals surface area contributed by atoms with Gasteiger partial charge in [0, 0.05) is 34.9 Å². The third-order valence-corrected chi connectivity index (χ3v) is 5.22. The Labute approximate surface area is 188 Å². The van der Waals surface area contributed by atoms with Gasteiger partial charge in [-0.05, 0) is 68.1 Å². The van der Waals surface area contributed by atoms with Crippen molar-refractivity contribution in [3.8, 4) is 0 Å². The molecule has 0 saturated carbocycles. The minimum absolute atomic E-state index is 0. The van der Waals surface area contributed by atoms with Crippen LogP contribution in [0, 0.1) is 17.7 Å². The van der Waals surface area contributed by atoms with Crippen molar-refractivity contribution in [2.24, 2.45) is 16.6 Å². The van der Waals surface area contributed by atoms with Crippen LogP contribution in [-0.2, 0) is 6.42 Å². The first-order chi connectivity index (χ1) is 15.5. The predicted octanol–water partition coefficient (Wildman–Crippen LogP) is 4.02. The normalized spacial score (nSPS) is 14.9. The van der Waals surface area contributed by atoms with Gasteiger partial charge in [-0.2, -0.15) is 9.37 Å². The lowest BCUT2D eigenvalue weighted by atomic mass is 9.90. The van der Waals surface area contributed by atoms with Gasteiger partial charge in [-0.25, -0.2) is 19.2 Å². The van der Waals surface area contributed by atoms with E-state index < -0.39 is 17.8 Å². The van der Waals surface area contributed by atoms with Gasteiger partial charge in [0.25, 0.3) is 0 Å². The monoisotopic (exact) mass is 447 g/mol.